The van der Waals surface area contributed by atoms with E-state index in [-0.39, 0.29) is 4.90 Å². The maximum Gasteiger partial charge on any atom is 0.238 e. The largest absolute Gasteiger partial charge is 0.492 e. The number of hydrogen-bond donors (Lipinski definition) is 2. The van der Waals surface area contributed by atoms with Crippen LogP contribution in [0.5, 0.6) is 5.75 Å². The normalized spacial score (nSPS) is 14.0. The minimum Gasteiger partial charge on any atom is -0.492 e. The number of nitrogens with zero attached hydrogens (tertiary/aromatic N) is 1. The van der Waals surface area contributed by atoms with Crippen molar-refractivity contribution in [3.8, 4) is 5.75 Å². The quantitative estimate of drug-likeness (QED) is 0.869. The number of nitrogens with one attached hydrogen (secondary N) is 1. The highest BCUT2D eigenvalue weighted by Crippen LogP contribution is 2.28. The monoisotopic (exact) mass is 333 g/mol. The number of nitrogens with two attached hydrogens (primary N) is 1. The SMILES string of the molecule is NS(=O)(=O)c1ccc(OCCN2CCNc3ccccc32)cc1. The molecule has 3 N–H and O–H groups in total. The van der Waals surface area contributed by atoms with Gasteiger partial charge in [-0.2, -0.15) is 0 Å². The van der Waals surface area contributed by atoms with Gasteiger partial charge in [0.1, 0.15) is 12.4 Å². The lowest BCUT2D eigenvalue weighted by Gasteiger charge is -2.31. The standard InChI is InChI=1S/C16H19N3O3S/c17-23(20,21)14-7-5-13(6-8-14)22-12-11-19-10-9-18-15-3-1-2-4-16(15)19/h1-8,18H,9-12H2,(H2,17,20,21). The highest BCUT2D eigenvalue weighted by molar-refractivity contribution is 7.89. The molecule has 0 saturated heterocycles. The number of rotatable bonds is 5. The number of benzene rings is 2. The van der Waals surface area contributed by atoms with Gasteiger partial charge in [-0.3, -0.25) is 0 Å². The van der Waals surface area contributed by atoms with E-state index in [4.69, 9.17) is 9.88 Å². The first kappa shape index (κ1) is 15.6. The van der Waals surface area contributed by atoms with E-state index in [2.05, 4.69) is 22.3 Å². The van der Waals surface area contributed by atoms with Crippen LogP contribution < -0.4 is 20.1 Å². The minimum atomic E-state index is -3.66. The van der Waals surface area contributed by atoms with E-state index in [9.17, 15) is 8.42 Å². The molecule has 0 saturated carbocycles. The van der Waals surface area contributed by atoms with E-state index in [1.54, 1.807) is 12.1 Å². The molecule has 0 aliphatic carbocycles. The minimum absolute atomic E-state index is 0.0842. The molecule has 0 fully saturated rings. The molecule has 1 aliphatic heterocycles. The van der Waals surface area contributed by atoms with Gasteiger partial charge in [0, 0.05) is 13.1 Å². The predicted octanol–water partition coefficient (Wildman–Crippen LogP) is 1.64. The second-order valence-corrected chi connectivity index (χ2v) is 6.86. The Morgan fingerprint density at radius 1 is 1.13 bits per heavy atom. The topological polar surface area (TPSA) is 84.7 Å². The summed E-state index contributed by atoms with van der Waals surface area (Å²) in [7, 11) is -3.66. The smallest absolute Gasteiger partial charge is 0.238 e. The fourth-order valence-electron chi connectivity index (χ4n) is 2.58. The molecule has 3 rings (SSSR count). The molecular formula is C16H19N3O3S. The van der Waals surface area contributed by atoms with Crippen LogP contribution in [-0.2, 0) is 10.0 Å². The van der Waals surface area contributed by atoms with Crippen LogP contribution in [-0.4, -0.2) is 34.7 Å². The third kappa shape index (κ3) is 3.75. The summed E-state index contributed by atoms with van der Waals surface area (Å²) in [4.78, 5) is 2.35. The molecule has 2 aromatic carbocycles. The van der Waals surface area contributed by atoms with Gasteiger partial charge in [0.05, 0.1) is 22.8 Å². The second-order valence-electron chi connectivity index (χ2n) is 5.30. The van der Waals surface area contributed by atoms with E-state index >= 15 is 0 Å². The molecule has 0 aromatic heterocycles. The Morgan fingerprint density at radius 2 is 1.87 bits per heavy atom. The van der Waals surface area contributed by atoms with E-state index in [0.717, 1.165) is 25.3 Å². The van der Waals surface area contributed by atoms with Gasteiger partial charge in [0.15, 0.2) is 0 Å². The van der Waals surface area contributed by atoms with Crippen molar-refractivity contribution in [3.63, 3.8) is 0 Å². The zero-order chi connectivity index (χ0) is 16.3. The van der Waals surface area contributed by atoms with Crippen LogP contribution in [0.25, 0.3) is 0 Å². The highest BCUT2D eigenvalue weighted by Gasteiger charge is 2.15. The number of para-hydroxylation sites is 2. The van der Waals surface area contributed by atoms with Crippen LogP contribution in [0.15, 0.2) is 53.4 Å². The Hall–Kier alpha value is -2.25. The van der Waals surface area contributed by atoms with Gasteiger partial charge in [-0.05, 0) is 36.4 Å². The van der Waals surface area contributed by atoms with Crippen LogP contribution in [0.3, 0.4) is 0 Å². The summed E-state index contributed by atoms with van der Waals surface area (Å²) < 4.78 is 28.1. The Kier molecular flexibility index (Phi) is 4.40. The van der Waals surface area contributed by atoms with Gasteiger partial charge in [-0.1, -0.05) is 12.1 Å². The van der Waals surface area contributed by atoms with Crippen molar-refractivity contribution in [1.82, 2.24) is 0 Å². The highest BCUT2D eigenvalue weighted by atomic mass is 32.2. The average molecular weight is 333 g/mol. The van der Waals surface area contributed by atoms with Crippen LogP contribution >= 0.6 is 0 Å². The van der Waals surface area contributed by atoms with Crippen LogP contribution in [0, 0.1) is 0 Å². The van der Waals surface area contributed by atoms with E-state index in [1.807, 2.05) is 12.1 Å². The van der Waals surface area contributed by atoms with Crippen molar-refractivity contribution in [1.29, 1.82) is 0 Å². The van der Waals surface area contributed by atoms with Crippen molar-refractivity contribution in [3.05, 3.63) is 48.5 Å². The van der Waals surface area contributed by atoms with Gasteiger partial charge >= 0.3 is 0 Å². The molecule has 23 heavy (non-hydrogen) atoms. The molecule has 6 nitrogen and oxygen atoms in total. The summed E-state index contributed by atoms with van der Waals surface area (Å²) in [6, 6.07) is 14.3. The average Bonchev–Trinajstić information content (AvgIpc) is 2.55. The molecule has 0 radical (unpaired) electrons. The summed E-state index contributed by atoms with van der Waals surface area (Å²) in [5.41, 5.74) is 2.31. The summed E-state index contributed by atoms with van der Waals surface area (Å²) >= 11 is 0. The first-order chi connectivity index (χ1) is 11.0. The summed E-state index contributed by atoms with van der Waals surface area (Å²) in [5, 5.41) is 8.44. The molecule has 1 heterocycles. The maximum absolute atomic E-state index is 11.2. The third-order valence-electron chi connectivity index (χ3n) is 3.72. The Balaban J connectivity index is 1.58. The number of anilines is 2. The summed E-state index contributed by atoms with van der Waals surface area (Å²) in [6.45, 7) is 3.10. The van der Waals surface area contributed by atoms with Gasteiger partial charge in [0.2, 0.25) is 10.0 Å². The van der Waals surface area contributed by atoms with Crippen molar-refractivity contribution in [2.45, 2.75) is 4.90 Å². The molecule has 0 unspecified atom stereocenters. The number of primary sulfonamides is 1. The Bertz CT molecular complexity index is 775. The van der Waals surface area contributed by atoms with Crippen LogP contribution in [0.4, 0.5) is 11.4 Å². The number of fused-ring (bicyclic) bond motifs is 1. The Morgan fingerprint density at radius 3 is 2.61 bits per heavy atom. The fraction of sp³-hybridized carbons (Fsp3) is 0.250. The third-order valence-corrected chi connectivity index (χ3v) is 4.65. The molecule has 0 bridgehead atoms. The number of sulfonamides is 1. The molecule has 2 aromatic rings. The molecule has 0 amide bonds. The van der Waals surface area contributed by atoms with E-state index < -0.39 is 10.0 Å². The zero-order valence-electron chi connectivity index (χ0n) is 12.6. The molecular weight excluding hydrogens is 314 g/mol. The van der Waals surface area contributed by atoms with E-state index in [0.29, 0.717) is 12.4 Å². The van der Waals surface area contributed by atoms with Crippen molar-refractivity contribution in [2.75, 3.05) is 36.5 Å². The summed E-state index contributed by atoms with van der Waals surface area (Å²) in [5.74, 6) is 0.626. The van der Waals surface area contributed by atoms with Crippen molar-refractivity contribution in [2.24, 2.45) is 5.14 Å². The molecule has 7 heteroatoms. The molecule has 122 valence electrons. The molecule has 1 aliphatic rings. The zero-order valence-corrected chi connectivity index (χ0v) is 13.4. The van der Waals surface area contributed by atoms with Crippen molar-refractivity contribution < 1.29 is 13.2 Å². The number of hydrogen-bond acceptors (Lipinski definition) is 5. The first-order valence-electron chi connectivity index (χ1n) is 7.37. The lowest BCUT2D eigenvalue weighted by atomic mass is 10.2. The van der Waals surface area contributed by atoms with Gasteiger partial charge in [-0.15, -0.1) is 0 Å². The molecule has 0 spiro atoms. The maximum atomic E-state index is 11.2. The number of ether oxygens (including phenoxy) is 1. The summed E-state index contributed by atoms with van der Waals surface area (Å²) in [6.07, 6.45) is 0. The predicted molar refractivity (Wildman–Crippen MR) is 90.5 cm³/mol. The van der Waals surface area contributed by atoms with E-state index in [1.165, 1.54) is 17.8 Å². The van der Waals surface area contributed by atoms with Gasteiger partial charge in [-0.25, -0.2) is 13.6 Å². The lowest BCUT2D eigenvalue weighted by molar-refractivity contribution is 0.323. The van der Waals surface area contributed by atoms with Crippen LogP contribution in [0.2, 0.25) is 0 Å². The first-order valence-corrected chi connectivity index (χ1v) is 8.92. The Labute approximate surface area is 135 Å². The fourth-order valence-corrected chi connectivity index (χ4v) is 3.09. The van der Waals surface area contributed by atoms with Gasteiger partial charge in [0.25, 0.3) is 0 Å². The molecule has 0 atom stereocenters. The van der Waals surface area contributed by atoms with Crippen LogP contribution in [0.1, 0.15) is 0 Å². The lowest BCUT2D eigenvalue weighted by Crippen LogP contribution is -2.36. The van der Waals surface area contributed by atoms with Gasteiger partial charge < -0.3 is 15.0 Å². The van der Waals surface area contributed by atoms with Crippen molar-refractivity contribution >= 4 is 21.4 Å². The second kappa shape index (κ2) is 6.47.